The predicted molar refractivity (Wildman–Crippen MR) is 77.5 cm³/mol. The predicted octanol–water partition coefficient (Wildman–Crippen LogP) is 2.61. The van der Waals surface area contributed by atoms with E-state index in [9.17, 15) is 13.0 Å². The first-order valence-corrected chi connectivity index (χ1v) is 7.68. The highest BCUT2D eigenvalue weighted by atomic mass is 32.2. The van der Waals surface area contributed by atoms with Crippen LogP contribution in [0.2, 0.25) is 0 Å². The molecule has 21 heavy (non-hydrogen) atoms. The first-order chi connectivity index (χ1) is 10.1. The molecule has 0 bridgehead atoms. The van der Waals surface area contributed by atoms with E-state index in [-0.39, 0.29) is 17.3 Å². The molecule has 2 aromatic carbocycles. The number of ether oxygens (including phenoxy) is 1. The van der Waals surface area contributed by atoms with Crippen molar-refractivity contribution in [2.45, 2.75) is 11.4 Å². The summed E-state index contributed by atoms with van der Waals surface area (Å²) < 4.78 is 43.8. The molecule has 0 spiro atoms. The third kappa shape index (κ3) is 4.09. The van der Waals surface area contributed by atoms with Gasteiger partial charge in [0.1, 0.15) is 24.0 Å². The Morgan fingerprint density at radius 2 is 1.90 bits per heavy atom. The van der Waals surface area contributed by atoms with Gasteiger partial charge in [0.05, 0.1) is 21.4 Å². The molecule has 2 N–H and O–H groups in total. The van der Waals surface area contributed by atoms with Gasteiger partial charge in [0.25, 0.3) is 0 Å². The topological polar surface area (TPSA) is 52.3 Å². The van der Waals surface area contributed by atoms with Crippen molar-refractivity contribution in [2.75, 3.05) is 12.4 Å². The summed E-state index contributed by atoms with van der Waals surface area (Å²) in [5.41, 5.74) is 6.43. The molecular formula is C15H15F2NO2S. The second-order valence-electron chi connectivity index (χ2n) is 4.28. The molecule has 0 fully saturated rings. The molecule has 3 nitrogen and oxygen atoms in total. The van der Waals surface area contributed by atoms with Crippen molar-refractivity contribution in [1.29, 1.82) is 0 Å². The highest BCUT2D eigenvalue weighted by Crippen LogP contribution is 2.18. The standard InChI is InChI=1S/C15H15F2NO2S/c16-12-5-6-15(13(17)9-12)21(19)8-7-20-14-4-2-1-3-11(14)10-18/h1-6,9H,7-8,10,18H2. The SMILES string of the molecule is NCc1ccccc1OCCS(=O)c1ccc(F)cc1F. The Balaban J connectivity index is 1.95. The van der Waals surface area contributed by atoms with E-state index in [1.54, 1.807) is 6.07 Å². The molecule has 0 amide bonds. The summed E-state index contributed by atoms with van der Waals surface area (Å²) in [4.78, 5) is -0.0212. The Labute approximate surface area is 124 Å². The van der Waals surface area contributed by atoms with E-state index < -0.39 is 22.4 Å². The molecule has 6 heteroatoms. The zero-order valence-electron chi connectivity index (χ0n) is 11.2. The molecule has 1 unspecified atom stereocenters. The highest BCUT2D eigenvalue weighted by molar-refractivity contribution is 7.85. The molecule has 0 aliphatic rings. The Morgan fingerprint density at radius 3 is 2.62 bits per heavy atom. The van der Waals surface area contributed by atoms with Gasteiger partial charge in [-0.3, -0.25) is 4.21 Å². The summed E-state index contributed by atoms with van der Waals surface area (Å²) in [5.74, 6) is -0.768. The minimum absolute atomic E-state index is 0.0212. The quantitative estimate of drug-likeness (QED) is 0.892. The maximum Gasteiger partial charge on any atom is 0.142 e. The number of nitrogens with two attached hydrogens (primary N) is 1. The number of benzene rings is 2. The van der Waals surface area contributed by atoms with Crippen molar-refractivity contribution in [3.8, 4) is 5.75 Å². The lowest BCUT2D eigenvalue weighted by Gasteiger charge is -2.10. The van der Waals surface area contributed by atoms with Gasteiger partial charge in [-0.2, -0.15) is 0 Å². The fourth-order valence-corrected chi connectivity index (χ4v) is 2.76. The lowest BCUT2D eigenvalue weighted by molar-refractivity contribution is 0.339. The zero-order chi connectivity index (χ0) is 15.2. The van der Waals surface area contributed by atoms with E-state index >= 15 is 0 Å². The van der Waals surface area contributed by atoms with Crippen molar-refractivity contribution in [2.24, 2.45) is 5.73 Å². The maximum absolute atomic E-state index is 13.5. The summed E-state index contributed by atoms with van der Waals surface area (Å²) in [6.07, 6.45) is 0. The van der Waals surface area contributed by atoms with Gasteiger partial charge in [-0.25, -0.2) is 8.78 Å². The third-order valence-electron chi connectivity index (χ3n) is 2.86. The summed E-state index contributed by atoms with van der Waals surface area (Å²) >= 11 is 0. The second kappa shape index (κ2) is 7.28. The van der Waals surface area contributed by atoms with Crippen LogP contribution in [-0.4, -0.2) is 16.6 Å². The Morgan fingerprint density at radius 1 is 1.14 bits per heavy atom. The first-order valence-electron chi connectivity index (χ1n) is 6.36. The molecule has 0 radical (unpaired) electrons. The van der Waals surface area contributed by atoms with E-state index in [1.165, 1.54) is 6.07 Å². The largest absolute Gasteiger partial charge is 0.492 e. The van der Waals surface area contributed by atoms with Gasteiger partial charge in [-0.05, 0) is 18.2 Å². The fraction of sp³-hybridized carbons (Fsp3) is 0.200. The molecule has 0 saturated carbocycles. The minimum atomic E-state index is -1.58. The van der Waals surface area contributed by atoms with Gasteiger partial charge in [-0.1, -0.05) is 18.2 Å². The molecule has 0 aliphatic heterocycles. The van der Waals surface area contributed by atoms with E-state index in [2.05, 4.69) is 0 Å². The van der Waals surface area contributed by atoms with Crippen LogP contribution >= 0.6 is 0 Å². The van der Waals surface area contributed by atoms with Crippen molar-refractivity contribution in [1.82, 2.24) is 0 Å². The average Bonchev–Trinajstić information content (AvgIpc) is 2.47. The summed E-state index contributed by atoms with van der Waals surface area (Å²) in [5, 5.41) is 0. The van der Waals surface area contributed by atoms with Crippen LogP contribution in [0.1, 0.15) is 5.56 Å². The Kier molecular flexibility index (Phi) is 5.41. The second-order valence-corrected chi connectivity index (χ2v) is 5.82. The van der Waals surface area contributed by atoms with Crippen LogP contribution < -0.4 is 10.5 Å². The van der Waals surface area contributed by atoms with Crippen molar-refractivity contribution >= 4 is 10.8 Å². The van der Waals surface area contributed by atoms with Crippen LogP contribution in [0.15, 0.2) is 47.4 Å². The van der Waals surface area contributed by atoms with E-state index in [0.29, 0.717) is 12.3 Å². The van der Waals surface area contributed by atoms with Gasteiger partial charge < -0.3 is 10.5 Å². The van der Waals surface area contributed by atoms with Gasteiger partial charge in [0.2, 0.25) is 0 Å². The van der Waals surface area contributed by atoms with Gasteiger partial charge in [-0.15, -0.1) is 0 Å². The van der Waals surface area contributed by atoms with Gasteiger partial charge in [0, 0.05) is 18.2 Å². The van der Waals surface area contributed by atoms with Crippen molar-refractivity contribution in [3.63, 3.8) is 0 Å². The number of hydrogen-bond donors (Lipinski definition) is 1. The Hall–Kier alpha value is -1.79. The summed E-state index contributed by atoms with van der Waals surface area (Å²) in [6, 6.07) is 10.3. The third-order valence-corrected chi connectivity index (χ3v) is 4.22. The highest BCUT2D eigenvalue weighted by Gasteiger charge is 2.11. The van der Waals surface area contributed by atoms with Crippen LogP contribution in [-0.2, 0) is 17.3 Å². The van der Waals surface area contributed by atoms with E-state index in [0.717, 1.165) is 17.7 Å². The number of halogens is 2. The zero-order valence-corrected chi connectivity index (χ0v) is 12.0. The maximum atomic E-state index is 13.5. The molecule has 1 atom stereocenters. The van der Waals surface area contributed by atoms with Crippen LogP contribution in [0.25, 0.3) is 0 Å². The minimum Gasteiger partial charge on any atom is -0.492 e. The lowest BCUT2D eigenvalue weighted by atomic mass is 10.2. The molecule has 112 valence electrons. The first kappa shape index (κ1) is 15.6. The van der Waals surface area contributed by atoms with Gasteiger partial charge >= 0.3 is 0 Å². The van der Waals surface area contributed by atoms with Crippen molar-refractivity contribution < 1.29 is 17.7 Å². The molecule has 2 rings (SSSR count). The van der Waals surface area contributed by atoms with Crippen LogP contribution in [0.3, 0.4) is 0 Å². The molecule has 2 aromatic rings. The monoisotopic (exact) mass is 311 g/mol. The normalized spacial score (nSPS) is 12.1. The number of para-hydroxylation sites is 1. The summed E-state index contributed by atoms with van der Waals surface area (Å²) in [6.45, 7) is 0.492. The molecule has 0 aliphatic carbocycles. The van der Waals surface area contributed by atoms with Crippen LogP contribution in [0.4, 0.5) is 8.78 Å². The van der Waals surface area contributed by atoms with Crippen molar-refractivity contribution in [3.05, 3.63) is 59.7 Å². The molecular weight excluding hydrogens is 296 g/mol. The number of hydrogen-bond acceptors (Lipinski definition) is 3. The number of rotatable bonds is 6. The van der Waals surface area contributed by atoms with E-state index in [4.69, 9.17) is 10.5 Å². The lowest BCUT2D eigenvalue weighted by Crippen LogP contribution is -2.11. The molecule has 0 aromatic heterocycles. The average molecular weight is 311 g/mol. The molecule has 0 saturated heterocycles. The Bertz CT molecular complexity index is 649. The van der Waals surface area contributed by atoms with Crippen LogP contribution in [0.5, 0.6) is 5.75 Å². The van der Waals surface area contributed by atoms with E-state index in [1.807, 2.05) is 18.2 Å². The van der Waals surface area contributed by atoms with Gasteiger partial charge in [0.15, 0.2) is 0 Å². The summed E-state index contributed by atoms with van der Waals surface area (Å²) in [7, 11) is -1.58. The fourth-order valence-electron chi connectivity index (χ4n) is 1.81. The molecule has 0 heterocycles. The van der Waals surface area contributed by atoms with Crippen LogP contribution in [0, 0.1) is 11.6 Å². The smallest absolute Gasteiger partial charge is 0.142 e.